The Bertz CT molecular complexity index is 1070. The number of carbonyl (C=O) groups excluding carboxylic acids is 2. The van der Waals surface area contributed by atoms with Gasteiger partial charge in [-0.25, -0.2) is 8.42 Å². The second kappa shape index (κ2) is 8.54. The Balaban J connectivity index is 2.37. The molecule has 0 spiro atoms. The van der Waals surface area contributed by atoms with Crippen LogP contribution in [0, 0.1) is 6.92 Å². The molecule has 29 heavy (non-hydrogen) atoms. The van der Waals surface area contributed by atoms with Gasteiger partial charge in [-0.15, -0.1) is 0 Å². The first-order valence-electron chi connectivity index (χ1n) is 8.37. The molecular formula is C19H17ClF3NO4S. The van der Waals surface area contributed by atoms with Crippen molar-refractivity contribution in [1.29, 1.82) is 0 Å². The van der Waals surface area contributed by atoms with E-state index in [4.69, 9.17) is 11.6 Å². The third-order valence-corrected chi connectivity index (χ3v) is 6.31. The molecule has 0 saturated heterocycles. The lowest BCUT2D eigenvalue weighted by molar-refractivity contribution is -0.137. The molecule has 10 heteroatoms. The average molecular weight is 448 g/mol. The molecule has 1 amide bonds. The molecule has 2 aromatic carbocycles. The van der Waals surface area contributed by atoms with Crippen LogP contribution in [-0.4, -0.2) is 26.4 Å². The van der Waals surface area contributed by atoms with E-state index in [9.17, 15) is 31.2 Å². The van der Waals surface area contributed by atoms with Gasteiger partial charge >= 0.3 is 6.18 Å². The lowest BCUT2D eigenvalue weighted by Crippen LogP contribution is -2.25. The molecule has 5 nitrogen and oxygen atoms in total. The largest absolute Gasteiger partial charge is 0.417 e. The minimum atomic E-state index is -4.81. The zero-order chi connectivity index (χ0) is 22.0. The standard InChI is InChI=1S/C19H17ClF3NO4S/c1-3-29(27,28)17-5-4-14(20)7-13(17)9-24-18(26)12-6-11(2)15(10-25)16(8-12)19(21,22)23/h4-8,10H,3,9H2,1-2H3,(H,24,26). The quantitative estimate of drug-likeness (QED) is 0.673. The average Bonchev–Trinajstić information content (AvgIpc) is 2.64. The van der Waals surface area contributed by atoms with Gasteiger partial charge in [0.15, 0.2) is 16.1 Å². The predicted octanol–water partition coefficient (Wildman–Crippen LogP) is 4.20. The van der Waals surface area contributed by atoms with E-state index in [0.29, 0.717) is 6.07 Å². The molecular weight excluding hydrogens is 431 g/mol. The first-order chi connectivity index (χ1) is 13.4. The van der Waals surface area contributed by atoms with Gasteiger partial charge < -0.3 is 5.32 Å². The molecule has 2 aromatic rings. The van der Waals surface area contributed by atoms with Crippen molar-refractivity contribution < 1.29 is 31.2 Å². The van der Waals surface area contributed by atoms with Crippen LogP contribution in [0.5, 0.6) is 0 Å². The van der Waals surface area contributed by atoms with Gasteiger partial charge in [-0.3, -0.25) is 9.59 Å². The number of carbonyl (C=O) groups is 2. The monoisotopic (exact) mass is 447 g/mol. The third kappa shape index (κ3) is 5.16. The summed E-state index contributed by atoms with van der Waals surface area (Å²) in [6.45, 7) is 2.49. The summed E-state index contributed by atoms with van der Waals surface area (Å²) in [5, 5.41) is 2.65. The Morgan fingerprint density at radius 3 is 2.41 bits per heavy atom. The molecule has 0 radical (unpaired) electrons. The summed E-state index contributed by atoms with van der Waals surface area (Å²) >= 11 is 5.90. The number of benzene rings is 2. The van der Waals surface area contributed by atoms with E-state index in [1.54, 1.807) is 0 Å². The SMILES string of the molecule is CCS(=O)(=O)c1ccc(Cl)cc1CNC(=O)c1cc(C)c(C=O)c(C(F)(F)F)c1. The van der Waals surface area contributed by atoms with Gasteiger partial charge in [-0.2, -0.15) is 13.2 Å². The van der Waals surface area contributed by atoms with Gasteiger partial charge in [0.25, 0.3) is 5.91 Å². The fraction of sp³-hybridized carbons (Fsp3) is 0.263. The zero-order valence-electron chi connectivity index (χ0n) is 15.4. The number of aryl methyl sites for hydroxylation is 1. The minimum Gasteiger partial charge on any atom is -0.348 e. The molecule has 156 valence electrons. The molecule has 0 atom stereocenters. The third-order valence-electron chi connectivity index (χ3n) is 4.25. The van der Waals surface area contributed by atoms with Crippen molar-refractivity contribution in [3.63, 3.8) is 0 Å². The molecule has 2 rings (SSSR count). The van der Waals surface area contributed by atoms with E-state index in [2.05, 4.69) is 5.32 Å². The maximum Gasteiger partial charge on any atom is 0.417 e. The number of sulfone groups is 1. The lowest BCUT2D eigenvalue weighted by atomic mass is 9.98. The minimum absolute atomic E-state index is 0.00280. The van der Waals surface area contributed by atoms with Crippen LogP contribution in [0.3, 0.4) is 0 Å². The van der Waals surface area contributed by atoms with Crippen LogP contribution in [0.15, 0.2) is 35.2 Å². The predicted molar refractivity (Wildman–Crippen MR) is 102 cm³/mol. The number of halogens is 4. The highest BCUT2D eigenvalue weighted by atomic mass is 35.5. The van der Waals surface area contributed by atoms with Crippen molar-refractivity contribution >= 4 is 33.6 Å². The highest BCUT2D eigenvalue weighted by Crippen LogP contribution is 2.33. The van der Waals surface area contributed by atoms with Gasteiger partial charge in [0.2, 0.25) is 0 Å². The summed E-state index contributed by atoms with van der Waals surface area (Å²) < 4.78 is 64.0. The normalized spacial score (nSPS) is 11.9. The van der Waals surface area contributed by atoms with Crippen LogP contribution in [0.1, 0.15) is 44.3 Å². The fourth-order valence-electron chi connectivity index (χ4n) is 2.74. The summed E-state index contributed by atoms with van der Waals surface area (Å²) in [5.41, 5.74) is -1.85. The maximum absolute atomic E-state index is 13.2. The van der Waals surface area contributed by atoms with Crippen molar-refractivity contribution in [2.75, 3.05) is 5.75 Å². The van der Waals surface area contributed by atoms with Gasteiger partial charge in [-0.1, -0.05) is 18.5 Å². The number of aldehydes is 1. The molecule has 0 aromatic heterocycles. The molecule has 0 heterocycles. The van der Waals surface area contributed by atoms with Gasteiger partial charge in [0.1, 0.15) is 0 Å². The molecule has 0 aliphatic rings. The van der Waals surface area contributed by atoms with Crippen molar-refractivity contribution in [2.24, 2.45) is 0 Å². The van der Waals surface area contributed by atoms with Gasteiger partial charge in [0.05, 0.1) is 16.2 Å². The van der Waals surface area contributed by atoms with E-state index >= 15 is 0 Å². The second-order valence-electron chi connectivity index (χ2n) is 6.21. The van der Waals surface area contributed by atoms with E-state index in [1.807, 2.05) is 0 Å². The first kappa shape index (κ1) is 22.9. The Morgan fingerprint density at radius 2 is 1.86 bits per heavy atom. The molecule has 0 fully saturated rings. The Labute approximate surface area is 170 Å². The highest BCUT2D eigenvalue weighted by Gasteiger charge is 2.35. The summed E-state index contributed by atoms with van der Waals surface area (Å²) in [4.78, 5) is 23.4. The van der Waals surface area contributed by atoms with E-state index in [-0.39, 0.29) is 45.2 Å². The van der Waals surface area contributed by atoms with Crippen LogP contribution in [0.2, 0.25) is 5.02 Å². The summed E-state index contributed by atoms with van der Waals surface area (Å²) in [5.74, 6) is -1.02. The molecule has 0 saturated carbocycles. The molecule has 1 N–H and O–H groups in total. The number of hydrogen-bond acceptors (Lipinski definition) is 4. The Morgan fingerprint density at radius 1 is 1.21 bits per heavy atom. The number of alkyl halides is 3. The topological polar surface area (TPSA) is 80.3 Å². The number of rotatable bonds is 6. The zero-order valence-corrected chi connectivity index (χ0v) is 17.0. The van der Waals surface area contributed by atoms with E-state index < -0.39 is 33.0 Å². The van der Waals surface area contributed by atoms with E-state index in [0.717, 1.165) is 6.07 Å². The van der Waals surface area contributed by atoms with Crippen LogP contribution < -0.4 is 5.32 Å². The van der Waals surface area contributed by atoms with Crippen LogP contribution in [0.4, 0.5) is 13.2 Å². The Hall–Kier alpha value is -2.39. The Kier molecular flexibility index (Phi) is 6.74. The van der Waals surface area contributed by atoms with Crippen LogP contribution in [0.25, 0.3) is 0 Å². The smallest absolute Gasteiger partial charge is 0.348 e. The molecule has 0 aliphatic heterocycles. The number of amides is 1. The van der Waals surface area contributed by atoms with Crippen LogP contribution >= 0.6 is 11.6 Å². The van der Waals surface area contributed by atoms with Gasteiger partial charge in [0, 0.05) is 22.7 Å². The molecule has 0 bridgehead atoms. The number of hydrogen-bond donors (Lipinski definition) is 1. The fourth-order valence-corrected chi connectivity index (χ4v) is 4.05. The molecule has 0 aliphatic carbocycles. The summed E-state index contributed by atoms with van der Waals surface area (Å²) in [7, 11) is -3.60. The number of nitrogens with one attached hydrogen (secondary N) is 1. The highest BCUT2D eigenvalue weighted by molar-refractivity contribution is 7.91. The summed E-state index contributed by atoms with van der Waals surface area (Å²) in [6, 6.07) is 5.83. The van der Waals surface area contributed by atoms with E-state index in [1.165, 1.54) is 32.0 Å². The summed E-state index contributed by atoms with van der Waals surface area (Å²) in [6.07, 6.45) is -4.72. The lowest BCUT2D eigenvalue weighted by Gasteiger charge is -2.15. The van der Waals surface area contributed by atoms with Crippen molar-refractivity contribution in [2.45, 2.75) is 31.5 Å². The van der Waals surface area contributed by atoms with Crippen molar-refractivity contribution in [3.05, 3.63) is 63.2 Å². The second-order valence-corrected chi connectivity index (χ2v) is 8.89. The first-order valence-corrected chi connectivity index (χ1v) is 10.4. The maximum atomic E-state index is 13.2. The molecule has 0 unspecified atom stereocenters. The van der Waals surface area contributed by atoms with Crippen molar-refractivity contribution in [3.8, 4) is 0 Å². The van der Waals surface area contributed by atoms with Crippen molar-refractivity contribution in [1.82, 2.24) is 5.32 Å². The van der Waals surface area contributed by atoms with Crippen LogP contribution in [-0.2, 0) is 22.6 Å². The van der Waals surface area contributed by atoms with Gasteiger partial charge in [-0.05, 0) is 48.4 Å².